The molecule has 2 aliphatic rings. The van der Waals surface area contributed by atoms with Crippen LogP contribution in [0.25, 0.3) is 0 Å². The largest absolute Gasteiger partial charge is 0.493 e. The number of ether oxygens (including phenoxy) is 2. The molecule has 29 heavy (non-hydrogen) atoms. The minimum atomic E-state index is -3.83. The average Bonchev–Trinajstić information content (AvgIpc) is 2.75. The Kier molecular flexibility index (Phi) is 5.53. The number of hydrogen-bond donors (Lipinski definition) is 1. The summed E-state index contributed by atoms with van der Waals surface area (Å²) in [6, 6.07) is 10.3. The smallest absolute Gasteiger partial charge is 0.254 e. The van der Waals surface area contributed by atoms with E-state index in [4.69, 9.17) is 9.47 Å². The molecule has 7 nitrogen and oxygen atoms in total. The molecule has 1 amide bonds. The Morgan fingerprint density at radius 1 is 1.10 bits per heavy atom. The molecule has 2 aromatic rings. The van der Waals surface area contributed by atoms with Gasteiger partial charge in [-0.25, -0.2) is 12.8 Å². The van der Waals surface area contributed by atoms with E-state index < -0.39 is 21.7 Å². The van der Waals surface area contributed by atoms with Crippen molar-refractivity contribution in [2.75, 3.05) is 32.9 Å². The van der Waals surface area contributed by atoms with Crippen molar-refractivity contribution in [1.82, 2.24) is 9.62 Å². The molecule has 0 unspecified atom stereocenters. The van der Waals surface area contributed by atoms with Crippen molar-refractivity contribution >= 4 is 15.9 Å². The molecule has 0 aromatic heterocycles. The number of morpholine rings is 1. The standard InChI is InChI=1S/C20H21FN2O5S/c21-17-6-5-14(29(25,26)23-8-11-27-12-9-23)13-16(17)20(24)22-18-7-10-28-19-4-2-1-3-15(18)19/h1-6,13,18H,7-12H2,(H,22,24)/t18-/m0/s1. The van der Waals surface area contributed by atoms with Gasteiger partial charge in [0.25, 0.3) is 5.91 Å². The molecule has 4 rings (SSSR count). The van der Waals surface area contributed by atoms with Crippen molar-refractivity contribution < 1.29 is 27.1 Å². The van der Waals surface area contributed by atoms with E-state index >= 15 is 0 Å². The van der Waals surface area contributed by atoms with E-state index in [9.17, 15) is 17.6 Å². The van der Waals surface area contributed by atoms with Gasteiger partial charge in [-0.3, -0.25) is 4.79 Å². The Hall–Kier alpha value is -2.49. The first-order valence-electron chi connectivity index (χ1n) is 9.37. The monoisotopic (exact) mass is 420 g/mol. The number of nitrogens with one attached hydrogen (secondary N) is 1. The number of halogens is 1. The highest BCUT2D eigenvalue weighted by molar-refractivity contribution is 7.89. The molecule has 0 saturated carbocycles. The summed E-state index contributed by atoms with van der Waals surface area (Å²) in [5.74, 6) is -0.764. The van der Waals surface area contributed by atoms with Gasteiger partial charge in [0.05, 0.1) is 36.3 Å². The molecule has 1 atom stereocenters. The summed E-state index contributed by atoms with van der Waals surface area (Å²) in [7, 11) is -3.83. The first-order chi connectivity index (χ1) is 14.0. The maximum atomic E-state index is 14.4. The molecule has 1 N–H and O–H groups in total. The number of nitrogens with zero attached hydrogens (tertiary/aromatic N) is 1. The predicted octanol–water partition coefficient (Wildman–Crippen LogP) is 2.10. The van der Waals surface area contributed by atoms with Gasteiger partial charge in [0.2, 0.25) is 10.0 Å². The second-order valence-corrected chi connectivity index (χ2v) is 8.80. The van der Waals surface area contributed by atoms with Crippen LogP contribution >= 0.6 is 0 Å². The molecule has 1 fully saturated rings. The van der Waals surface area contributed by atoms with E-state index in [0.717, 1.165) is 17.7 Å². The van der Waals surface area contributed by atoms with E-state index in [2.05, 4.69) is 5.32 Å². The topological polar surface area (TPSA) is 84.9 Å². The lowest BCUT2D eigenvalue weighted by atomic mass is 10.00. The van der Waals surface area contributed by atoms with Crippen LogP contribution in [0, 0.1) is 5.82 Å². The maximum Gasteiger partial charge on any atom is 0.254 e. The quantitative estimate of drug-likeness (QED) is 0.819. The van der Waals surface area contributed by atoms with Crippen molar-refractivity contribution in [3.05, 3.63) is 59.4 Å². The van der Waals surface area contributed by atoms with Crippen LogP contribution in [0.1, 0.15) is 28.4 Å². The predicted molar refractivity (Wildman–Crippen MR) is 103 cm³/mol. The molecule has 0 radical (unpaired) electrons. The number of amides is 1. The average molecular weight is 420 g/mol. The number of carbonyl (C=O) groups is 1. The fraction of sp³-hybridized carbons (Fsp3) is 0.350. The van der Waals surface area contributed by atoms with Crippen LogP contribution in [-0.4, -0.2) is 51.5 Å². The Morgan fingerprint density at radius 3 is 2.66 bits per heavy atom. The number of rotatable bonds is 4. The van der Waals surface area contributed by atoms with Gasteiger partial charge >= 0.3 is 0 Å². The molecular formula is C20H21FN2O5S. The van der Waals surface area contributed by atoms with Crippen LogP contribution < -0.4 is 10.1 Å². The van der Waals surface area contributed by atoms with E-state index in [1.54, 1.807) is 0 Å². The van der Waals surface area contributed by atoms with Crippen LogP contribution in [0.3, 0.4) is 0 Å². The molecule has 0 spiro atoms. The second kappa shape index (κ2) is 8.10. The van der Waals surface area contributed by atoms with Gasteiger partial charge in [0.15, 0.2) is 0 Å². The summed E-state index contributed by atoms with van der Waals surface area (Å²) in [4.78, 5) is 12.7. The molecule has 154 valence electrons. The van der Waals surface area contributed by atoms with Gasteiger partial charge in [0, 0.05) is 25.1 Å². The van der Waals surface area contributed by atoms with Gasteiger partial charge in [-0.2, -0.15) is 4.31 Å². The minimum absolute atomic E-state index is 0.113. The van der Waals surface area contributed by atoms with Gasteiger partial charge < -0.3 is 14.8 Å². The van der Waals surface area contributed by atoms with E-state index in [-0.39, 0.29) is 29.6 Å². The van der Waals surface area contributed by atoms with Gasteiger partial charge in [-0.1, -0.05) is 18.2 Å². The first kappa shape index (κ1) is 19.8. The van der Waals surface area contributed by atoms with Crippen molar-refractivity contribution in [2.24, 2.45) is 0 Å². The number of sulfonamides is 1. The molecule has 0 aliphatic carbocycles. The summed E-state index contributed by atoms with van der Waals surface area (Å²) < 4.78 is 52.1. The van der Waals surface area contributed by atoms with Crippen LogP contribution in [0.5, 0.6) is 5.75 Å². The third-order valence-corrected chi connectivity index (χ3v) is 6.95. The van der Waals surface area contributed by atoms with E-state index in [1.165, 1.54) is 10.4 Å². The Morgan fingerprint density at radius 2 is 1.86 bits per heavy atom. The summed E-state index contributed by atoms with van der Waals surface area (Å²) >= 11 is 0. The highest BCUT2D eigenvalue weighted by atomic mass is 32.2. The normalized spacial score (nSPS) is 19.8. The third kappa shape index (κ3) is 3.98. The van der Waals surface area contributed by atoms with Gasteiger partial charge in [-0.05, 0) is 24.3 Å². The Balaban J connectivity index is 1.59. The van der Waals surface area contributed by atoms with Crippen molar-refractivity contribution in [3.63, 3.8) is 0 Å². The number of carbonyl (C=O) groups excluding carboxylic acids is 1. The summed E-state index contributed by atoms with van der Waals surface area (Å²) in [6.07, 6.45) is 0.538. The summed E-state index contributed by atoms with van der Waals surface area (Å²) in [5.41, 5.74) is 0.507. The number of hydrogen-bond acceptors (Lipinski definition) is 5. The number of benzene rings is 2. The molecule has 2 heterocycles. The first-order valence-corrected chi connectivity index (χ1v) is 10.8. The van der Waals surface area contributed by atoms with Crippen LogP contribution in [0.15, 0.2) is 47.4 Å². The van der Waals surface area contributed by atoms with Crippen LogP contribution in [0.2, 0.25) is 0 Å². The fourth-order valence-corrected chi connectivity index (χ4v) is 4.94. The fourth-order valence-electron chi connectivity index (χ4n) is 3.50. The zero-order chi connectivity index (χ0) is 20.4. The van der Waals surface area contributed by atoms with Crippen LogP contribution in [0.4, 0.5) is 4.39 Å². The van der Waals surface area contributed by atoms with Crippen molar-refractivity contribution in [2.45, 2.75) is 17.4 Å². The molecule has 9 heteroatoms. The van der Waals surface area contributed by atoms with Gasteiger partial charge in [-0.15, -0.1) is 0 Å². The maximum absolute atomic E-state index is 14.4. The summed E-state index contributed by atoms with van der Waals surface area (Å²) in [5, 5.41) is 2.80. The zero-order valence-electron chi connectivity index (χ0n) is 15.6. The Bertz CT molecular complexity index is 1020. The molecule has 2 aromatic carbocycles. The van der Waals surface area contributed by atoms with Crippen molar-refractivity contribution in [1.29, 1.82) is 0 Å². The number of fused-ring (bicyclic) bond motifs is 1. The molecule has 0 bridgehead atoms. The summed E-state index contributed by atoms with van der Waals surface area (Å²) in [6.45, 7) is 1.48. The van der Waals surface area contributed by atoms with E-state index in [1.807, 2.05) is 24.3 Å². The van der Waals surface area contributed by atoms with Crippen molar-refractivity contribution in [3.8, 4) is 5.75 Å². The number of para-hydroxylation sites is 1. The molecule has 2 aliphatic heterocycles. The second-order valence-electron chi connectivity index (χ2n) is 6.86. The lowest BCUT2D eigenvalue weighted by Crippen LogP contribution is -2.40. The Labute approximate surface area is 168 Å². The third-order valence-electron chi connectivity index (χ3n) is 5.05. The lowest BCUT2D eigenvalue weighted by molar-refractivity contribution is 0.0730. The van der Waals surface area contributed by atoms with E-state index in [0.29, 0.717) is 32.0 Å². The van der Waals surface area contributed by atoms with Crippen LogP contribution in [-0.2, 0) is 14.8 Å². The SMILES string of the molecule is O=C(N[C@H]1CCOc2ccccc21)c1cc(S(=O)(=O)N2CCOCC2)ccc1F. The van der Waals surface area contributed by atoms with Gasteiger partial charge in [0.1, 0.15) is 11.6 Å². The molecular weight excluding hydrogens is 399 g/mol. The highest BCUT2D eigenvalue weighted by Crippen LogP contribution is 2.32. The highest BCUT2D eigenvalue weighted by Gasteiger charge is 2.29. The lowest BCUT2D eigenvalue weighted by Gasteiger charge is -2.27. The zero-order valence-corrected chi connectivity index (χ0v) is 16.5. The minimum Gasteiger partial charge on any atom is -0.493 e. The molecule has 1 saturated heterocycles.